The summed E-state index contributed by atoms with van der Waals surface area (Å²) >= 11 is 2.10. The van der Waals surface area contributed by atoms with Gasteiger partial charge >= 0.3 is 0 Å². The molecule has 0 amide bonds. The lowest BCUT2D eigenvalue weighted by molar-refractivity contribution is 0.111. The zero-order valence-electron chi connectivity index (χ0n) is 14.4. The van der Waals surface area contributed by atoms with Crippen LogP contribution in [0.15, 0.2) is 24.3 Å². The molecular weight excluding hydrogens is 316 g/mol. The lowest BCUT2D eigenvalue weighted by Crippen LogP contribution is -2.47. The van der Waals surface area contributed by atoms with Crippen molar-refractivity contribution in [3.05, 3.63) is 35.7 Å². The molecule has 2 aliphatic rings. The van der Waals surface area contributed by atoms with Crippen molar-refractivity contribution in [2.45, 2.75) is 32.4 Å². The van der Waals surface area contributed by atoms with Crippen molar-refractivity contribution in [3.63, 3.8) is 0 Å². The van der Waals surface area contributed by atoms with Crippen molar-refractivity contribution in [3.8, 4) is 0 Å². The van der Waals surface area contributed by atoms with Gasteiger partial charge in [0, 0.05) is 50.3 Å². The smallest absolute Gasteiger partial charge is 0.0890 e. The van der Waals surface area contributed by atoms with Crippen molar-refractivity contribution in [2.75, 3.05) is 37.7 Å². The van der Waals surface area contributed by atoms with Crippen LogP contribution in [0.25, 0.3) is 11.0 Å². The van der Waals surface area contributed by atoms with Crippen molar-refractivity contribution in [1.82, 2.24) is 19.8 Å². The third kappa shape index (κ3) is 3.58. The fraction of sp³-hybridized carbons (Fsp3) is 0.579. The van der Waals surface area contributed by atoms with E-state index in [2.05, 4.69) is 34.6 Å². The summed E-state index contributed by atoms with van der Waals surface area (Å²) in [7, 11) is 0. The molecule has 0 aliphatic carbocycles. The molecule has 2 aliphatic heterocycles. The lowest BCUT2D eigenvalue weighted by atomic mass is 10.0. The van der Waals surface area contributed by atoms with Crippen molar-refractivity contribution >= 4 is 22.8 Å². The summed E-state index contributed by atoms with van der Waals surface area (Å²) in [5.74, 6) is 2.62. The van der Waals surface area contributed by atoms with E-state index < -0.39 is 0 Å². The Hall–Kier alpha value is -1.17. The Kier molecular flexibility index (Phi) is 5.01. The van der Waals surface area contributed by atoms with Crippen LogP contribution in [0.4, 0.5) is 0 Å². The first kappa shape index (κ1) is 16.3. The van der Waals surface area contributed by atoms with Crippen LogP contribution >= 0.6 is 11.8 Å². The molecule has 2 saturated heterocycles. The SMILES string of the molecule is Cc1nc2ccccc2nc1CN1CCC(N2CCSCC2)CC1. The Balaban J connectivity index is 1.39. The Morgan fingerprint density at radius 3 is 2.38 bits per heavy atom. The lowest BCUT2D eigenvalue weighted by Gasteiger charge is -2.40. The molecule has 0 unspecified atom stereocenters. The zero-order chi connectivity index (χ0) is 16.4. The summed E-state index contributed by atoms with van der Waals surface area (Å²) < 4.78 is 0. The highest BCUT2D eigenvalue weighted by atomic mass is 32.2. The molecule has 4 nitrogen and oxygen atoms in total. The monoisotopic (exact) mass is 342 g/mol. The number of likely N-dealkylation sites (tertiary alicyclic amines) is 1. The van der Waals surface area contributed by atoms with Crippen LogP contribution in [-0.2, 0) is 6.54 Å². The molecule has 128 valence electrons. The third-order valence-corrected chi connectivity index (χ3v) is 6.28. The van der Waals surface area contributed by atoms with E-state index in [4.69, 9.17) is 9.97 Å². The minimum atomic E-state index is 0.797. The first-order valence-electron chi connectivity index (χ1n) is 9.06. The van der Waals surface area contributed by atoms with Gasteiger partial charge in [0.25, 0.3) is 0 Å². The van der Waals surface area contributed by atoms with Crippen molar-refractivity contribution in [1.29, 1.82) is 0 Å². The highest BCUT2D eigenvalue weighted by Gasteiger charge is 2.26. The Bertz CT molecular complexity index is 691. The molecule has 1 aromatic carbocycles. The fourth-order valence-electron chi connectivity index (χ4n) is 3.87. The number of nitrogens with zero attached hydrogens (tertiary/aromatic N) is 4. The highest BCUT2D eigenvalue weighted by Crippen LogP contribution is 2.22. The minimum Gasteiger partial charge on any atom is -0.299 e. The molecular formula is C19H26N4S. The molecule has 3 heterocycles. The second-order valence-electron chi connectivity index (χ2n) is 6.90. The molecule has 1 aromatic heterocycles. The molecule has 0 N–H and O–H groups in total. The average molecular weight is 343 g/mol. The van der Waals surface area contributed by atoms with Crippen LogP contribution in [0, 0.1) is 6.92 Å². The summed E-state index contributed by atoms with van der Waals surface area (Å²) in [6, 6.07) is 8.97. The molecule has 0 bridgehead atoms. The van der Waals surface area contributed by atoms with Gasteiger partial charge in [-0.3, -0.25) is 9.80 Å². The maximum Gasteiger partial charge on any atom is 0.0890 e. The van der Waals surface area contributed by atoms with Gasteiger partial charge in [-0.15, -0.1) is 0 Å². The number of hydrogen-bond donors (Lipinski definition) is 0. The number of aryl methyl sites for hydroxylation is 1. The van der Waals surface area contributed by atoms with Gasteiger partial charge in [-0.1, -0.05) is 12.1 Å². The van der Waals surface area contributed by atoms with E-state index in [1.807, 2.05) is 18.2 Å². The van der Waals surface area contributed by atoms with Crippen LogP contribution < -0.4 is 0 Å². The largest absolute Gasteiger partial charge is 0.299 e. The molecule has 0 spiro atoms. The molecule has 0 saturated carbocycles. The summed E-state index contributed by atoms with van der Waals surface area (Å²) in [6.45, 7) is 7.96. The van der Waals surface area contributed by atoms with Gasteiger partial charge in [0.15, 0.2) is 0 Å². The second-order valence-corrected chi connectivity index (χ2v) is 8.12. The van der Waals surface area contributed by atoms with Crippen LogP contribution in [0.5, 0.6) is 0 Å². The topological polar surface area (TPSA) is 32.3 Å². The van der Waals surface area contributed by atoms with Gasteiger partial charge in [0.1, 0.15) is 0 Å². The number of thioether (sulfide) groups is 1. The number of para-hydroxylation sites is 2. The summed E-state index contributed by atoms with van der Waals surface area (Å²) in [6.07, 6.45) is 2.59. The second kappa shape index (κ2) is 7.38. The van der Waals surface area contributed by atoms with Crippen LogP contribution in [0.1, 0.15) is 24.2 Å². The molecule has 0 radical (unpaired) electrons. The summed E-state index contributed by atoms with van der Waals surface area (Å²) in [5.41, 5.74) is 4.23. The maximum atomic E-state index is 4.86. The van der Waals surface area contributed by atoms with E-state index in [0.29, 0.717) is 0 Å². The Labute approximate surface area is 148 Å². The van der Waals surface area contributed by atoms with E-state index in [9.17, 15) is 0 Å². The molecule has 5 heteroatoms. The van der Waals surface area contributed by atoms with Gasteiger partial charge in [0.2, 0.25) is 0 Å². The van der Waals surface area contributed by atoms with E-state index in [0.717, 1.165) is 35.0 Å². The predicted molar refractivity (Wildman–Crippen MR) is 101 cm³/mol. The van der Waals surface area contributed by atoms with Crippen LogP contribution in [-0.4, -0.2) is 63.5 Å². The van der Waals surface area contributed by atoms with E-state index in [-0.39, 0.29) is 0 Å². The van der Waals surface area contributed by atoms with Crippen LogP contribution in [0.3, 0.4) is 0 Å². The maximum absolute atomic E-state index is 4.86. The number of hydrogen-bond acceptors (Lipinski definition) is 5. The number of aromatic nitrogens is 2. The Morgan fingerprint density at radius 2 is 1.67 bits per heavy atom. The molecule has 4 rings (SSSR count). The zero-order valence-corrected chi connectivity index (χ0v) is 15.3. The number of rotatable bonds is 3. The average Bonchev–Trinajstić information content (AvgIpc) is 2.64. The normalized spacial score (nSPS) is 21.4. The van der Waals surface area contributed by atoms with E-state index in [1.54, 1.807) is 0 Å². The van der Waals surface area contributed by atoms with Crippen molar-refractivity contribution in [2.24, 2.45) is 0 Å². The molecule has 2 aromatic rings. The first-order valence-corrected chi connectivity index (χ1v) is 10.2. The standard InChI is InChI=1S/C19H26N4S/c1-15-19(21-18-5-3-2-4-17(18)20-15)14-22-8-6-16(7-9-22)23-10-12-24-13-11-23/h2-5,16H,6-14H2,1H3. The molecule has 2 fully saturated rings. The summed E-state index contributed by atoms with van der Waals surface area (Å²) in [5, 5.41) is 0. The third-order valence-electron chi connectivity index (χ3n) is 5.34. The van der Waals surface area contributed by atoms with Gasteiger partial charge < -0.3 is 0 Å². The van der Waals surface area contributed by atoms with Gasteiger partial charge in [-0.2, -0.15) is 11.8 Å². The minimum absolute atomic E-state index is 0.797. The molecule has 0 atom stereocenters. The van der Waals surface area contributed by atoms with Gasteiger partial charge in [-0.25, -0.2) is 9.97 Å². The van der Waals surface area contributed by atoms with Crippen LogP contribution in [0.2, 0.25) is 0 Å². The molecule has 24 heavy (non-hydrogen) atoms. The number of benzene rings is 1. The Morgan fingerprint density at radius 1 is 1.00 bits per heavy atom. The number of piperidine rings is 1. The van der Waals surface area contributed by atoms with E-state index >= 15 is 0 Å². The first-order chi connectivity index (χ1) is 11.8. The predicted octanol–water partition coefficient (Wildman–Crippen LogP) is 2.95. The van der Waals surface area contributed by atoms with Crippen molar-refractivity contribution < 1.29 is 0 Å². The quantitative estimate of drug-likeness (QED) is 0.856. The fourth-order valence-corrected chi connectivity index (χ4v) is 4.80. The summed E-state index contributed by atoms with van der Waals surface area (Å²) in [4.78, 5) is 14.9. The van der Waals surface area contributed by atoms with Gasteiger partial charge in [-0.05, 0) is 31.9 Å². The number of fused-ring (bicyclic) bond motifs is 1. The highest BCUT2D eigenvalue weighted by molar-refractivity contribution is 7.99. The van der Waals surface area contributed by atoms with E-state index in [1.165, 1.54) is 50.5 Å². The van der Waals surface area contributed by atoms with Gasteiger partial charge in [0.05, 0.1) is 22.4 Å².